The first-order valence-electron chi connectivity index (χ1n) is 5.38. The molecule has 0 heterocycles. The smallest absolute Gasteiger partial charge is 0.341 e. The molecule has 1 rings (SSSR count). The summed E-state index contributed by atoms with van der Waals surface area (Å²) in [6, 6.07) is 5.56. The van der Waals surface area contributed by atoms with E-state index in [0.29, 0.717) is 13.0 Å². The van der Waals surface area contributed by atoms with Crippen LogP contribution in [0.3, 0.4) is 0 Å². The molecular formula is C11H14ClF2NO2S. The quantitative estimate of drug-likeness (QED) is 0.821. The van der Waals surface area contributed by atoms with Crippen LogP contribution in [0.5, 0.6) is 0 Å². The van der Waals surface area contributed by atoms with E-state index < -0.39 is 20.5 Å². The maximum Gasteiger partial charge on any atom is 0.341 e. The molecule has 0 bridgehead atoms. The van der Waals surface area contributed by atoms with Crippen molar-refractivity contribution in [2.75, 3.05) is 11.9 Å². The van der Waals surface area contributed by atoms with Crippen molar-refractivity contribution in [3.8, 4) is 0 Å². The lowest BCUT2D eigenvalue weighted by atomic mass is 10.3. The Hall–Kier alpha value is -0.880. The first-order chi connectivity index (χ1) is 8.39. The molecule has 0 fully saturated rings. The first kappa shape index (κ1) is 15.2. The zero-order valence-corrected chi connectivity index (χ0v) is 11.3. The molecule has 0 saturated heterocycles. The van der Waals surface area contributed by atoms with Gasteiger partial charge in [0.1, 0.15) is 0 Å². The van der Waals surface area contributed by atoms with Crippen LogP contribution in [0.4, 0.5) is 14.5 Å². The Morgan fingerprint density at radius 2 is 1.94 bits per heavy atom. The second-order valence-corrected chi connectivity index (χ2v) is 6.19. The molecule has 0 spiro atoms. The van der Waals surface area contributed by atoms with Crippen molar-refractivity contribution in [3.05, 3.63) is 24.3 Å². The molecule has 1 atom stereocenters. The second kappa shape index (κ2) is 6.33. The molecule has 1 aromatic rings. The van der Waals surface area contributed by atoms with Crippen LogP contribution in [0.2, 0.25) is 0 Å². The molecule has 1 N–H and O–H groups in total. The molecule has 1 aromatic carbocycles. The molecule has 0 aliphatic heterocycles. The van der Waals surface area contributed by atoms with Gasteiger partial charge in [0, 0.05) is 6.54 Å². The highest BCUT2D eigenvalue weighted by Crippen LogP contribution is 2.26. The SMILES string of the molecule is CCC(Cl)CNc1ccccc1S(=O)(=O)C(F)F. The summed E-state index contributed by atoms with van der Waals surface area (Å²) < 4.78 is 47.9. The van der Waals surface area contributed by atoms with Gasteiger partial charge in [-0.05, 0) is 18.6 Å². The van der Waals surface area contributed by atoms with Crippen LogP contribution in [0.1, 0.15) is 13.3 Å². The number of rotatable bonds is 6. The molecule has 102 valence electrons. The first-order valence-corrected chi connectivity index (χ1v) is 7.37. The standard InChI is InChI=1S/C11H14ClF2NO2S/c1-2-8(12)7-15-9-5-3-4-6-10(9)18(16,17)11(13)14/h3-6,8,11,15H,2,7H2,1H3. The van der Waals surface area contributed by atoms with E-state index in [1.807, 2.05) is 6.92 Å². The number of anilines is 1. The number of para-hydroxylation sites is 1. The van der Waals surface area contributed by atoms with Gasteiger partial charge in [0.25, 0.3) is 0 Å². The summed E-state index contributed by atoms with van der Waals surface area (Å²) in [6.45, 7) is 2.19. The lowest BCUT2D eigenvalue weighted by Crippen LogP contribution is -2.17. The summed E-state index contributed by atoms with van der Waals surface area (Å²) >= 11 is 5.88. The fourth-order valence-electron chi connectivity index (χ4n) is 1.32. The Kier molecular flexibility index (Phi) is 5.34. The van der Waals surface area contributed by atoms with E-state index in [-0.39, 0.29) is 11.1 Å². The summed E-state index contributed by atoms with van der Waals surface area (Å²) in [5, 5.41) is 2.59. The topological polar surface area (TPSA) is 46.2 Å². The predicted molar refractivity (Wildman–Crippen MR) is 68.1 cm³/mol. The summed E-state index contributed by atoms with van der Waals surface area (Å²) in [4.78, 5) is -0.403. The van der Waals surface area contributed by atoms with Gasteiger partial charge in [-0.15, -0.1) is 11.6 Å². The fraction of sp³-hybridized carbons (Fsp3) is 0.455. The van der Waals surface area contributed by atoms with Gasteiger partial charge in [0.05, 0.1) is 16.0 Å². The molecule has 3 nitrogen and oxygen atoms in total. The van der Waals surface area contributed by atoms with Gasteiger partial charge in [0.15, 0.2) is 0 Å². The van der Waals surface area contributed by atoms with Crippen molar-refractivity contribution in [3.63, 3.8) is 0 Å². The second-order valence-electron chi connectivity index (χ2n) is 3.69. The normalized spacial score (nSPS) is 13.6. The minimum absolute atomic E-state index is 0.150. The summed E-state index contributed by atoms with van der Waals surface area (Å²) in [7, 11) is -4.60. The van der Waals surface area contributed by atoms with Crippen molar-refractivity contribution in [1.82, 2.24) is 0 Å². The maximum absolute atomic E-state index is 12.5. The van der Waals surface area contributed by atoms with Crippen LogP contribution in [-0.4, -0.2) is 26.1 Å². The van der Waals surface area contributed by atoms with Crippen molar-refractivity contribution in [2.24, 2.45) is 0 Å². The van der Waals surface area contributed by atoms with E-state index in [1.165, 1.54) is 12.1 Å². The number of hydrogen-bond donors (Lipinski definition) is 1. The van der Waals surface area contributed by atoms with E-state index >= 15 is 0 Å². The minimum atomic E-state index is -4.60. The summed E-state index contributed by atoms with van der Waals surface area (Å²) in [5.41, 5.74) is 0.150. The summed E-state index contributed by atoms with van der Waals surface area (Å²) in [5.74, 6) is -3.43. The lowest BCUT2D eigenvalue weighted by molar-refractivity contribution is 0.235. The number of hydrogen-bond acceptors (Lipinski definition) is 3. The van der Waals surface area contributed by atoms with Crippen LogP contribution < -0.4 is 5.32 Å². The van der Waals surface area contributed by atoms with Gasteiger partial charge in [-0.1, -0.05) is 19.1 Å². The Labute approximate surface area is 110 Å². The summed E-state index contributed by atoms with van der Waals surface area (Å²) in [6.07, 6.45) is 0.693. The van der Waals surface area contributed by atoms with Crippen LogP contribution in [0.25, 0.3) is 0 Å². The van der Waals surface area contributed by atoms with Gasteiger partial charge in [0.2, 0.25) is 9.84 Å². The third kappa shape index (κ3) is 3.55. The average Bonchev–Trinajstić information content (AvgIpc) is 2.35. The third-order valence-electron chi connectivity index (χ3n) is 2.39. The van der Waals surface area contributed by atoms with Crippen molar-refractivity contribution >= 4 is 27.1 Å². The largest absolute Gasteiger partial charge is 0.383 e. The van der Waals surface area contributed by atoms with Crippen molar-refractivity contribution in [1.29, 1.82) is 0 Å². The number of halogens is 3. The molecule has 0 radical (unpaired) electrons. The molecule has 18 heavy (non-hydrogen) atoms. The number of benzene rings is 1. The number of sulfone groups is 1. The average molecular weight is 298 g/mol. The molecule has 0 aromatic heterocycles. The highest BCUT2D eigenvalue weighted by atomic mass is 35.5. The van der Waals surface area contributed by atoms with E-state index in [1.54, 1.807) is 6.07 Å². The van der Waals surface area contributed by atoms with E-state index in [9.17, 15) is 17.2 Å². The third-order valence-corrected chi connectivity index (χ3v) is 4.29. The Balaban J connectivity index is 3.01. The van der Waals surface area contributed by atoms with Crippen molar-refractivity contribution in [2.45, 2.75) is 29.4 Å². The fourth-order valence-corrected chi connectivity index (χ4v) is 2.31. The molecule has 0 saturated carbocycles. The highest BCUT2D eigenvalue weighted by molar-refractivity contribution is 7.91. The highest BCUT2D eigenvalue weighted by Gasteiger charge is 2.28. The maximum atomic E-state index is 12.5. The van der Waals surface area contributed by atoms with Gasteiger partial charge in [-0.25, -0.2) is 8.42 Å². The molecule has 0 aliphatic rings. The molecule has 0 aliphatic carbocycles. The predicted octanol–water partition coefficient (Wildman–Crippen LogP) is 3.11. The zero-order chi connectivity index (χ0) is 13.8. The van der Waals surface area contributed by atoms with Gasteiger partial charge >= 0.3 is 5.76 Å². The Bertz CT molecular complexity index is 494. The van der Waals surface area contributed by atoms with E-state index in [0.717, 1.165) is 6.07 Å². The number of alkyl halides is 3. The molecule has 0 amide bonds. The number of nitrogens with one attached hydrogen (secondary N) is 1. The van der Waals surface area contributed by atoms with E-state index in [2.05, 4.69) is 5.32 Å². The van der Waals surface area contributed by atoms with Crippen molar-refractivity contribution < 1.29 is 17.2 Å². The molecule has 1 unspecified atom stereocenters. The Morgan fingerprint density at radius 3 is 2.50 bits per heavy atom. The van der Waals surface area contributed by atoms with Crippen LogP contribution in [-0.2, 0) is 9.84 Å². The Morgan fingerprint density at radius 1 is 1.33 bits per heavy atom. The lowest BCUT2D eigenvalue weighted by Gasteiger charge is -2.13. The van der Waals surface area contributed by atoms with E-state index in [4.69, 9.17) is 11.6 Å². The van der Waals surface area contributed by atoms with Crippen LogP contribution in [0.15, 0.2) is 29.2 Å². The molecule has 7 heteroatoms. The monoisotopic (exact) mass is 297 g/mol. The minimum Gasteiger partial charge on any atom is -0.383 e. The van der Waals surface area contributed by atoms with Gasteiger partial charge < -0.3 is 5.32 Å². The van der Waals surface area contributed by atoms with Crippen LogP contribution >= 0.6 is 11.6 Å². The molecular weight excluding hydrogens is 284 g/mol. The van der Waals surface area contributed by atoms with Gasteiger partial charge in [-0.2, -0.15) is 8.78 Å². The van der Waals surface area contributed by atoms with Crippen LogP contribution in [0, 0.1) is 0 Å². The van der Waals surface area contributed by atoms with Gasteiger partial charge in [-0.3, -0.25) is 0 Å². The zero-order valence-electron chi connectivity index (χ0n) is 9.74.